The van der Waals surface area contributed by atoms with Crippen LogP contribution in [0.2, 0.25) is 0 Å². The van der Waals surface area contributed by atoms with E-state index in [1.807, 2.05) is 12.2 Å². The number of nitrogens with one attached hydrogen (secondary N) is 1. The van der Waals surface area contributed by atoms with Crippen LogP contribution in [0.25, 0.3) is 0 Å². The molecule has 1 amide bonds. The Hall–Kier alpha value is -3.83. The first kappa shape index (κ1) is 37.4. The highest BCUT2D eigenvalue weighted by molar-refractivity contribution is 5.93. The average molecular weight is 626 g/mol. The van der Waals surface area contributed by atoms with Gasteiger partial charge in [0.15, 0.2) is 0 Å². The van der Waals surface area contributed by atoms with Gasteiger partial charge >= 0.3 is 11.9 Å². The molecule has 2 rings (SSSR count). The maximum absolute atomic E-state index is 12.9. The highest BCUT2D eigenvalue weighted by Crippen LogP contribution is 2.26. The molecule has 246 valence electrons. The molecule has 0 aliphatic carbocycles. The summed E-state index contributed by atoms with van der Waals surface area (Å²) in [6.45, 7) is 2.64. The van der Waals surface area contributed by atoms with Crippen molar-refractivity contribution in [3.63, 3.8) is 0 Å². The molecule has 45 heavy (non-hydrogen) atoms. The topological polar surface area (TPSA) is 152 Å². The number of carbonyl (C=O) groups is 3. The molecule has 1 aliphatic rings. The highest BCUT2D eigenvalue weighted by Gasteiger charge is 2.47. The SMILES string of the molecule is CC/C=C\C/C=C\C/C=C\C/C=C\C/C=C\CCCC(=O)N[C@H]1C(O)[C@H](O)C(CO)O[C@H]1OC(=O)c1ccccc1OC(C)=O. The Morgan fingerprint density at radius 1 is 0.867 bits per heavy atom. The van der Waals surface area contributed by atoms with E-state index in [1.165, 1.54) is 25.1 Å². The Bertz CT molecular complexity index is 1200. The van der Waals surface area contributed by atoms with Crippen molar-refractivity contribution in [2.24, 2.45) is 0 Å². The second-order valence-corrected chi connectivity index (χ2v) is 10.4. The van der Waals surface area contributed by atoms with Crippen molar-refractivity contribution in [2.45, 2.75) is 95.9 Å². The van der Waals surface area contributed by atoms with Gasteiger partial charge in [-0.25, -0.2) is 4.79 Å². The number of rotatable bonds is 18. The summed E-state index contributed by atoms with van der Waals surface area (Å²) < 4.78 is 16.0. The number of ether oxygens (including phenoxy) is 3. The number of allylic oxidation sites excluding steroid dienone is 10. The first-order chi connectivity index (χ1) is 21.8. The number of aliphatic hydroxyl groups is 3. The van der Waals surface area contributed by atoms with Crippen LogP contribution in [0.15, 0.2) is 85.0 Å². The molecule has 0 radical (unpaired) electrons. The first-order valence-corrected chi connectivity index (χ1v) is 15.4. The van der Waals surface area contributed by atoms with E-state index in [1.54, 1.807) is 6.07 Å². The Morgan fingerprint density at radius 2 is 1.44 bits per heavy atom. The van der Waals surface area contributed by atoms with Gasteiger partial charge in [0.25, 0.3) is 0 Å². The third-order valence-electron chi connectivity index (χ3n) is 6.72. The lowest BCUT2D eigenvalue weighted by molar-refractivity contribution is -0.253. The molecule has 4 N–H and O–H groups in total. The lowest BCUT2D eigenvalue weighted by Gasteiger charge is -2.41. The number of aliphatic hydroxyl groups excluding tert-OH is 3. The fourth-order valence-corrected chi connectivity index (χ4v) is 4.39. The van der Waals surface area contributed by atoms with E-state index < -0.39 is 55.1 Å². The Morgan fingerprint density at radius 3 is 2.02 bits per heavy atom. The number of hydrogen-bond donors (Lipinski definition) is 4. The van der Waals surface area contributed by atoms with Crippen LogP contribution in [-0.4, -0.2) is 70.4 Å². The van der Waals surface area contributed by atoms with Crippen LogP contribution in [-0.2, 0) is 19.1 Å². The van der Waals surface area contributed by atoms with E-state index in [4.69, 9.17) is 14.2 Å². The van der Waals surface area contributed by atoms with Crippen molar-refractivity contribution < 1.29 is 43.9 Å². The summed E-state index contributed by atoms with van der Waals surface area (Å²) in [5.74, 6) is -2.07. The summed E-state index contributed by atoms with van der Waals surface area (Å²) in [5, 5.41) is 33.2. The quantitative estimate of drug-likeness (QED) is 0.0793. The molecule has 10 nitrogen and oxygen atoms in total. The van der Waals surface area contributed by atoms with Gasteiger partial charge in [-0.2, -0.15) is 0 Å². The van der Waals surface area contributed by atoms with Gasteiger partial charge in [0, 0.05) is 13.3 Å². The monoisotopic (exact) mass is 625 g/mol. The average Bonchev–Trinajstić information content (AvgIpc) is 3.02. The predicted octanol–water partition coefficient (Wildman–Crippen LogP) is 4.61. The van der Waals surface area contributed by atoms with E-state index >= 15 is 0 Å². The molecule has 1 heterocycles. The number of benzene rings is 1. The fourth-order valence-electron chi connectivity index (χ4n) is 4.39. The van der Waals surface area contributed by atoms with E-state index in [0.29, 0.717) is 12.8 Å². The van der Waals surface area contributed by atoms with E-state index in [2.05, 4.69) is 60.8 Å². The van der Waals surface area contributed by atoms with E-state index in [9.17, 15) is 29.7 Å². The Labute approximate surface area is 265 Å². The molecule has 0 spiro atoms. The molecule has 2 unspecified atom stereocenters. The van der Waals surface area contributed by atoms with Crippen LogP contribution in [0.4, 0.5) is 0 Å². The lowest BCUT2D eigenvalue weighted by atomic mass is 9.96. The fraction of sp³-hybridized carbons (Fsp3) is 0.457. The molecular formula is C35H47NO9. The molecule has 0 saturated carbocycles. The third-order valence-corrected chi connectivity index (χ3v) is 6.72. The van der Waals surface area contributed by atoms with Crippen molar-refractivity contribution in [3.05, 3.63) is 90.6 Å². The maximum Gasteiger partial charge on any atom is 0.344 e. The van der Waals surface area contributed by atoms with Gasteiger partial charge in [0.05, 0.1) is 6.61 Å². The van der Waals surface area contributed by atoms with Crippen molar-refractivity contribution in [1.82, 2.24) is 5.32 Å². The van der Waals surface area contributed by atoms with Gasteiger partial charge in [-0.3, -0.25) is 9.59 Å². The molecule has 10 heteroatoms. The predicted molar refractivity (Wildman–Crippen MR) is 171 cm³/mol. The zero-order valence-corrected chi connectivity index (χ0v) is 26.1. The Kier molecular flexibility index (Phi) is 18.1. The standard InChI is InChI=1S/C35H47NO9/c1-3-4-5-6-7-8-9-10-11-12-13-14-15-16-17-18-19-24-30(39)36-31-33(41)32(40)29(25-37)44-35(31)45-34(42)27-22-20-21-23-28(27)43-26(2)38/h4-5,7-8,10-11,13-14,16-17,20-23,29,31-33,35,37,40-41H,3,6,9,12,15,18-19,24-25H2,1-2H3,(H,36,39)/b5-4-,8-7-,11-10-,14-13-,17-16-/t29?,31-,32+,33?,35-/m0/s1. The van der Waals surface area contributed by atoms with Gasteiger partial charge in [-0.1, -0.05) is 79.8 Å². The molecule has 1 fully saturated rings. The minimum absolute atomic E-state index is 0.0410. The smallest absolute Gasteiger partial charge is 0.344 e. The van der Waals surface area contributed by atoms with Crippen LogP contribution >= 0.6 is 0 Å². The zero-order valence-electron chi connectivity index (χ0n) is 26.1. The zero-order chi connectivity index (χ0) is 32.9. The van der Waals surface area contributed by atoms with E-state index in [-0.39, 0.29) is 17.7 Å². The molecular weight excluding hydrogens is 578 g/mol. The molecule has 1 aromatic rings. The second kappa shape index (κ2) is 21.8. The van der Waals surface area contributed by atoms with E-state index in [0.717, 1.165) is 32.1 Å². The largest absolute Gasteiger partial charge is 0.430 e. The minimum Gasteiger partial charge on any atom is -0.430 e. The van der Waals surface area contributed by atoms with Gasteiger partial charge in [0.1, 0.15) is 35.7 Å². The molecule has 0 bridgehead atoms. The summed E-state index contributed by atoms with van der Waals surface area (Å²) in [5.41, 5.74) is -0.0837. The van der Waals surface area contributed by atoms with Gasteiger partial charge in [0.2, 0.25) is 12.2 Å². The highest BCUT2D eigenvalue weighted by atomic mass is 16.7. The summed E-state index contributed by atoms with van der Waals surface area (Å²) >= 11 is 0. The molecule has 0 aromatic heterocycles. The normalized spacial score (nSPS) is 22.2. The molecule has 5 atom stereocenters. The first-order valence-electron chi connectivity index (χ1n) is 15.4. The minimum atomic E-state index is -1.59. The number of amides is 1. The van der Waals surface area contributed by atoms with Crippen LogP contribution in [0.5, 0.6) is 5.75 Å². The number of para-hydroxylation sites is 1. The van der Waals surface area contributed by atoms with Gasteiger partial charge < -0.3 is 34.8 Å². The number of esters is 2. The number of unbranched alkanes of at least 4 members (excludes halogenated alkanes) is 1. The maximum atomic E-state index is 12.9. The van der Waals surface area contributed by atoms with Gasteiger partial charge in [-0.05, 0) is 57.1 Å². The van der Waals surface area contributed by atoms with Crippen LogP contribution in [0.1, 0.15) is 75.6 Å². The Balaban J connectivity index is 1.80. The summed E-state index contributed by atoms with van der Waals surface area (Å²) in [7, 11) is 0. The third kappa shape index (κ3) is 14.2. The molecule has 1 aromatic carbocycles. The number of hydrogen-bond acceptors (Lipinski definition) is 9. The second-order valence-electron chi connectivity index (χ2n) is 10.4. The number of carbonyl (C=O) groups excluding carboxylic acids is 3. The molecule has 1 saturated heterocycles. The van der Waals surface area contributed by atoms with Crippen LogP contribution in [0.3, 0.4) is 0 Å². The molecule has 1 aliphatic heterocycles. The summed E-state index contributed by atoms with van der Waals surface area (Å²) in [6, 6.07) is 4.58. The van der Waals surface area contributed by atoms with Crippen molar-refractivity contribution in [3.8, 4) is 5.75 Å². The van der Waals surface area contributed by atoms with Crippen molar-refractivity contribution >= 4 is 17.8 Å². The summed E-state index contributed by atoms with van der Waals surface area (Å²) in [4.78, 5) is 37.1. The summed E-state index contributed by atoms with van der Waals surface area (Å²) in [6.07, 6.45) is 21.1. The van der Waals surface area contributed by atoms with Crippen LogP contribution in [0, 0.1) is 0 Å². The lowest BCUT2D eigenvalue weighted by Crippen LogP contribution is -2.65. The van der Waals surface area contributed by atoms with Crippen LogP contribution < -0.4 is 10.1 Å². The van der Waals surface area contributed by atoms with Crippen molar-refractivity contribution in [2.75, 3.05) is 6.61 Å². The van der Waals surface area contributed by atoms with Gasteiger partial charge in [-0.15, -0.1) is 0 Å². The van der Waals surface area contributed by atoms with Crippen molar-refractivity contribution in [1.29, 1.82) is 0 Å².